The molecule has 0 saturated carbocycles. The van der Waals surface area contributed by atoms with E-state index in [0.29, 0.717) is 5.02 Å². The van der Waals surface area contributed by atoms with Gasteiger partial charge in [-0.05, 0) is 41.3 Å². The highest BCUT2D eigenvalue weighted by atomic mass is 35.5. The van der Waals surface area contributed by atoms with Gasteiger partial charge in [0.15, 0.2) is 0 Å². The highest BCUT2D eigenvalue weighted by Gasteiger charge is 2.21. The minimum atomic E-state index is -0.755. The molecule has 1 heterocycles. The number of nitro benzene ring substituents is 1. The fourth-order valence-corrected chi connectivity index (χ4v) is 4.45. The largest absolute Gasteiger partial charge is 0.366 e. The average molecular weight is 462 g/mol. The van der Waals surface area contributed by atoms with Gasteiger partial charge in [-0.3, -0.25) is 19.7 Å². The zero-order chi connectivity index (χ0) is 21.7. The first kappa shape index (κ1) is 21.8. The highest BCUT2D eigenvalue weighted by molar-refractivity contribution is 8.00. The fraction of sp³-hybridized carbons (Fsp3) is 0.100. The molecule has 10 heteroatoms. The van der Waals surface area contributed by atoms with E-state index in [9.17, 15) is 19.7 Å². The van der Waals surface area contributed by atoms with Crippen LogP contribution in [0.2, 0.25) is 5.02 Å². The van der Waals surface area contributed by atoms with Gasteiger partial charge in [-0.1, -0.05) is 29.8 Å². The van der Waals surface area contributed by atoms with Gasteiger partial charge in [0.25, 0.3) is 5.69 Å². The second-order valence-corrected chi connectivity index (χ2v) is 8.59. The quantitative estimate of drug-likeness (QED) is 0.293. The molecule has 0 radical (unpaired) electrons. The Balaban J connectivity index is 1.74. The first-order valence-corrected chi connectivity index (χ1v) is 10.9. The molecule has 3 N–H and O–H groups in total. The molecule has 0 aliphatic rings. The summed E-state index contributed by atoms with van der Waals surface area (Å²) in [5, 5.41) is 16.8. The Bertz CT molecular complexity index is 1070. The number of nitrogens with one attached hydrogen (secondary N) is 1. The molecule has 0 bridgehead atoms. The highest BCUT2D eigenvalue weighted by Crippen LogP contribution is 2.31. The standard InChI is InChI=1S/C20H16ClN3O4S2/c21-14-6-3-12(4-7-14)19(17-2-1-9-29-17)23-18(25)11-30-16-8-5-13(20(22)26)10-15(16)24(27)28/h1-10,19H,11H2,(H2,22,26)(H,23,25). The van der Waals surface area contributed by atoms with Crippen LogP contribution >= 0.6 is 34.7 Å². The van der Waals surface area contributed by atoms with E-state index < -0.39 is 10.8 Å². The first-order chi connectivity index (χ1) is 14.3. The number of rotatable bonds is 8. The van der Waals surface area contributed by atoms with Crippen LogP contribution in [-0.2, 0) is 4.79 Å². The van der Waals surface area contributed by atoms with Gasteiger partial charge in [0.2, 0.25) is 11.8 Å². The van der Waals surface area contributed by atoms with Crippen molar-refractivity contribution in [2.45, 2.75) is 10.9 Å². The van der Waals surface area contributed by atoms with E-state index in [-0.39, 0.29) is 33.8 Å². The van der Waals surface area contributed by atoms with Crippen LogP contribution in [0.1, 0.15) is 26.8 Å². The number of hydrogen-bond acceptors (Lipinski definition) is 6. The maximum Gasteiger partial charge on any atom is 0.283 e. The molecule has 0 aliphatic carbocycles. The van der Waals surface area contributed by atoms with Crippen LogP contribution in [0.5, 0.6) is 0 Å². The summed E-state index contributed by atoms with van der Waals surface area (Å²) in [7, 11) is 0. The van der Waals surface area contributed by atoms with Crippen molar-refractivity contribution in [1.82, 2.24) is 5.32 Å². The van der Waals surface area contributed by atoms with Crippen LogP contribution in [-0.4, -0.2) is 22.5 Å². The number of benzene rings is 2. The lowest BCUT2D eigenvalue weighted by Crippen LogP contribution is -2.30. The molecule has 1 aromatic heterocycles. The second kappa shape index (κ2) is 9.75. The molecule has 0 saturated heterocycles. The monoisotopic (exact) mass is 461 g/mol. The van der Waals surface area contributed by atoms with Crippen molar-refractivity contribution >= 4 is 52.2 Å². The van der Waals surface area contributed by atoms with Crippen molar-refractivity contribution in [3.8, 4) is 0 Å². The third-order valence-corrected chi connectivity index (χ3v) is 6.39. The normalized spacial score (nSPS) is 11.6. The van der Waals surface area contributed by atoms with Crippen molar-refractivity contribution in [3.05, 3.63) is 91.1 Å². The number of thioether (sulfide) groups is 1. The van der Waals surface area contributed by atoms with Gasteiger partial charge in [-0.15, -0.1) is 23.1 Å². The molecule has 30 heavy (non-hydrogen) atoms. The minimum absolute atomic E-state index is 0.0355. The summed E-state index contributed by atoms with van der Waals surface area (Å²) in [4.78, 5) is 35.8. The number of nitrogens with two attached hydrogens (primary N) is 1. The van der Waals surface area contributed by atoms with Gasteiger partial charge < -0.3 is 11.1 Å². The van der Waals surface area contributed by atoms with Crippen LogP contribution in [0.4, 0.5) is 5.69 Å². The van der Waals surface area contributed by atoms with E-state index in [2.05, 4.69) is 5.32 Å². The molecule has 0 spiro atoms. The Morgan fingerprint density at radius 3 is 2.53 bits per heavy atom. The summed E-state index contributed by atoms with van der Waals surface area (Å²) < 4.78 is 0. The molecule has 2 amide bonds. The van der Waals surface area contributed by atoms with Gasteiger partial charge in [0.1, 0.15) is 0 Å². The van der Waals surface area contributed by atoms with Crippen LogP contribution in [0.15, 0.2) is 64.9 Å². The molecule has 7 nitrogen and oxygen atoms in total. The molecule has 1 unspecified atom stereocenters. The van der Waals surface area contributed by atoms with E-state index in [1.54, 1.807) is 12.1 Å². The first-order valence-electron chi connectivity index (χ1n) is 8.64. The molecular weight excluding hydrogens is 446 g/mol. The number of amides is 2. The summed E-state index contributed by atoms with van der Waals surface area (Å²) >= 11 is 8.49. The van der Waals surface area contributed by atoms with Crippen LogP contribution in [0.25, 0.3) is 0 Å². The molecule has 0 fully saturated rings. The number of nitrogens with zero attached hydrogens (tertiary/aromatic N) is 1. The van der Waals surface area contributed by atoms with E-state index in [4.69, 9.17) is 17.3 Å². The van der Waals surface area contributed by atoms with Crippen molar-refractivity contribution in [1.29, 1.82) is 0 Å². The van der Waals surface area contributed by atoms with E-state index >= 15 is 0 Å². The van der Waals surface area contributed by atoms with Crippen molar-refractivity contribution in [2.75, 3.05) is 5.75 Å². The number of halogens is 1. The van der Waals surface area contributed by atoms with Gasteiger partial charge in [0, 0.05) is 21.5 Å². The smallest absolute Gasteiger partial charge is 0.283 e. The zero-order valence-electron chi connectivity index (χ0n) is 15.4. The second-order valence-electron chi connectivity index (χ2n) is 6.16. The van der Waals surface area contributed by atoms with E-state index in [0.717, 1.165) is 28.3 Å². The van der Waals surface area contributed by atoms with Gasteiger partial charge in [0.05, 0.1) is 21.6 Å². The Hall–Kier alpha value is -2.88. The number of primary amides is 1. The molecule has 3 aromatic rings. The molecule has 3 rings (SSSR count). The molecule has 154 valence electrons. The van der Waals surface area contributed by atoms with Crippen molar-refractivity contribution in [3.63, 3.8) is 0 Å². The lowest BCUT2D eigenvalue weighted by molar-refractivity contribution is -0.387. The maximum atomic E-state index is 12.6. The number of thiophene rings is 1. The third-order valence-electron chi connectivity index (χ3n) is 4.14. The van der Waals surface area contributed by atoms with E-state index in [1.165, 1.54) is 23.5 Å². The summed E-state index contributed by atoms with van der Waals surface area (Å²) in [6.07, 6.45) is 0. The fourth-order valence-electron chi connectivity index (χ4n) is 2.71. The molecule has 1 atom stereocenters. The predicted molar refractivity (Wildman–Crippen MR) is 118 cm³/mol. The van der Waals surface area contributed by atoms with Gasteiger partial charge >= 0.3 is 0 Å². The summed E-state index contributed by atoms with van der Waals surface area (Å²) in [6, 6.07) is 14.6. The number of nitro groups is 1. The molecule has 0 aliphatic heterocycles. The van der Waals surface area contributed by atoms with Gasteiger partial charge in [-0.25, -0.2) is 0 Å². The number of carbonyl (C=O) groups is 2. The Morgan fingerprint density at radius 2 is 1.93 bits per heavy atom. The van der Waals surface area contributed by atoms with Gasteiger partial charge in [-0.2, -0.15) is 0 Å². The topological polar surface area (TPSA) is 115 Å². The minimum Gasteiger partial charge on any atom is -0.366 e. The molecular formula is C20H16ClN3O4S2. The van der Waals surface area contributed by atoms with Crippen molar-refractivity contribution < 1.29 is 14.5 Å². The summed E-state index contributed by atoms with van der Waals surface area (Å²) in [5.41, 5.74) is 5.82. The number of carbonyl (C=O) groups excluding carboxylic acids is 2. The SMILES string of the molecule is NC(=O)c1ccc(SCC(=O)NC(c2ccc(Cl)cc2)c2cccs2)c([N+](=O)[O-])c1. The van der Waals surface area contributed by atoms with E-state index in [1.807, 2.05) is 29.6 Å². The lowest BCUT2D eigenvalue weighted by Gasteiger charge is -2.18. The number of hydrogen-bond donors (Lipinski definition) is 2. The third kappa shape index (κ3) is 5.38. The van der Waals surface area contributed by atoms with Crippen LogP contribution in [0.3, 0.4) is 0 Å². The molecule has 2 aromatic carbocycles. The van der Waals surface area contributed by atoms with Crippen molar-refractivity contribution in [2.24, 2.45) is 5.73 Å². The maximum absolute atomic E-state index is 12.6. The Morgan fingerprint density at radius 1 is 1.20 bits per heavy atom. The lowest BCUT2D eigenvalue weighted by atomic mass is 10.1. The summed E-state index contributed by atoms with van der Waals surface area (Å²) in [5.74, 6) is -1.08. The van der Waals surface area contributed by atoms with Crippen LogP contribution < -0.4 is 11.1 Å². The average Bonchev–Trinajstić information content (AvgIpc) is 3.25. The zero-order valence-corrected chi connectivity index (χ0v) is 17.8. The Labute approximate surface area is 185 Å². The predicted octanol–water partition coefficient (Wildman–Crippen LogP) is 4.41. The van der Waals surface area contributed by atoms with Crippen LogP contribution in [0, 0.1) is 10.1 Å². The Kier molecular flexibility index (Phi) is 7.09. The summed E-state index contributed by atoms with van der Waals surface area (Å²) in [6.45, 7) is 0.